The summed E-state index contributed by atoms with van der Waals surface area (Å²) in [7, 11) is 0. The van der Waals surface area contributed by atoms with Crippen LogP contribution in [0.25, 0.3) is 0 Å². The molecule has 0 aromatic carbocycles. The Morgan fingerprint density at radius 3 is 3.00 bits per heavy atom. The summed E-state index contributed by atoms with van der Waals surface area (Å²) in [6.45, 7) is 3.47. The molecule has 0 saturated carbocycles. The van der Waals surface area contributed by atoms with E-state index in [4.69, 9.17) is 5.11 Å². The second-order valence-corrected chi connectivity index (χ2v) is 3.30. The van der Waals surface area contributed by atoms with Gasteiger partial charge in [-0.25, -0.2) is 0 Å². The number of hydrogen-bond acceptors (Lipinski definition) is 2. The van der Waals surface area contributed by atoms with E-state index in [9.17, 15) is 4.79 Å². The molecule has 1 heterocycles. The minimum absolute atomic E-state index is 0.0855. The molecule has 1 amide bonds. The van der Waals surface area contributed by atoms with Gasteiger partial charge in [-0.05, 0) is 19.3 Å². The van der Waals surface area contributed by atoms with Crippen molar-refractivity contribution in [2.75, 3.05) is 19.7 Å². The van der Waals surface area contributed by atoms with Crippen LogP contribution >= 0.6 is 0 Å². The number of nitrogens with zero attached hydrogens (tertiary/aromatic N) is 1. The molecule has 0 radical (unpaired) electrons. The molecule has 1 saturated heterocycles. The summed E-state index contributed by atoms with van der Waals surface area (Å²) in [5.74, 6) is 0.447. The number of piperidine rings is 1. The SMILES string of the molecule is CC[C@H]1CCCN(CCO)C1=O. The first-order chi connectivity index (χ1) is 5.79. The number of aliphatic hydroxyl groups excluding tert-OH is 1. The molecule has 0 aliphatic carbocycles. The Hall–Kier alpha value is -0.570. The molecule has 0 unspecified atom stereocenters. The maximum absolute atomic E-state index is 11.6. The fourth-order valence-corrected chi connectivity index (χ4v) is 1.74. The second-order valence-electron chi connectivity index (χ2n) is 3.30. The number of hydrogen-bond donors (Lipinski definition) is 1. The van der Waals surface area contributed by atoms with Crippen molar-refractivity contribution in [2.24, 2.45) is 5.92 Å². The molecule has 1 rings (SSSR count). The highest BCUT2D eigenvalue weighted by Gasteiger charge is 2.26. The fourth-order valence-electron chi connectivity index (χ4n) is 1.74. The Labute approximate surface area is 73.4 Å². The van der Waals surface area contributed by atoms with Crippen LogP contribution in [0.4, 0.5) is 0 Å². The van der Waals surface area contributed by atoms with Crippen molar-refractivity contribution >= 4 is 5.91 Å². The average molecular weight is 171 g/mol. The van der Waals surface area contributed by atoms with Gasteiger partial charge < -0.3 is 10.0 Å². The van der Waals surface area contributed by atoms with Gasteiger partial charge >= 0.3 is 0 Å². The van der Waals surface area contributed by atoms with E-state index in [1.165, 1.54) is 0 Å². The lowest BCUT2D eigenvalue weighted by Gasteiger charge is -2.31. The Kier molecular flexibility index (Phi) is 3.53. The number of likely N-dealkylation sites (tertiary alicyclic amines) is 1. The van der Waals surface area contributed by atoms with Crippen molar-refractivity contribution in [1.82, 2.24) is 4.90 Å². The molecule has 3 heteroatoms. The molecule has 1 N–H and O–H groups in total. The third-order valence-electron chi connectivity index (χ3n) is 2.50. The van der Waals surface area contributed by atoms with Gasteiger partial charge in [0.2, 0.25) is 5.91 Å². The molecule has 0 aromatic heterocycles. The first kappa shape index (κ1) is 9.52. The van der Waals surface area contributed by atoms with E-state index < -0.39 is 0 Å². The summed E-state index contributed by atoms with van der Waals surface area (Å²) in [5.41, 5.74) is 0. The fraction of sp³-hybridized carbons (Fsp3) is 0.889. The molecule has 1 aliphatic heterocycles. The number of aliphatic hydroxyl groups is 1. The van der Waals surface area contributed by atoms with Gasteiger partial charge in [0.05, 0.1) is 6.61 Å². The third-order valence-corrected chi connectivity index (χ3v) is 2.50. The van der Waals surface area contributed by atoms with Crippen molar-refractivity contribution in [3.05, 3.63) is 0 Å². The highest BCUT2D eigenvalue weighted by atomic mass is 16.3. The summed E-state index contributed by atoms with van der Waals surface area (Å²) in [6.07, 6.45) is 3.04. The summed E-state index contributed by atoms with van der Waals surface area (Å²) in [5, 5.41) is 8.70. The molecule has 3 nitrogen and oxygen atoms in total. The first-order valence-electron chi connectivity index (χ1n) is 4.69. The number of rotatable bonds is 3. The summed E-state index contributed by atoms with van der Waals surface area (Å²) >= 11 is 0. The van der Waals surface area contributed by atoms with Crippen molar-refractivity contribution < 1.29 is 9.90 Å². The lowest BCUT2D eigenvalue weighted by atomic mass is 9.95. The van der Waals surface area contributed by atoms with Gasteiger partial charge in [-0.1, -0.05) is 6.92 Å². The molecule has 12 heavy (non-hydrogen) atoms. The Balaban J connectivity index is 2.47. The lowest BCUT2D eigenvalue weighted by molar-refractivity contribution is -0.139. The molecule has 1 atom stereocenters. The third kappa shape index (κ3) is 1.97. The zero-order chi connectivity index (χ0) is 8.97. The summed E-state index contributed by atoms with van der Waals surface area (Å²) < 4.78 is 0. The van der Waals surface area contributed by atoms with E-state index in [-0.39, 0.29) is 18.4 Å². The van der Waals surface area contributed by atoms with Gasteiger partial charge in [0, 0.05) is 19.0 Å². The molecule has 1 aliphatic rings. The minimum Gasteiger partial charge on any atom is -0.395 e. The van der Waals surface area contributed by atoms with Crippen LogP contribution in [-0.2, 0) is 4.79 Å². The quantitative estimate of drug-likeness (QED) is 0.676. The maximum Gasteiger partial charge on any atom is 0.225 e. The largest absolute Gasteiger partial charge is 0.395 e. The number of β-amino-alcohol motifs (C(OH)–C–C–N with tert-alkyl or cyclic N) is 1. The van der Waals surface area contributed by atoms with Gasteiger partial charge in [0.15, 0.2) is 0 Å². The van der Waals surface area contributed by atoms with Crippen molar-refractivity contribution in [2.45, 2.75) is 26.2 Å². The van der Waals surface area contributed by atoms with Crippen molar-refractivity contribution in [3.63, 3.8) is 0 Å². The molecule has 70 valence electrons. The van der Waals surface area contributed by atoms with Crippen LogP contribution in [0.15, 0.2) is 0 Å². The Morgan fingerprint density at radius 2 is 2.42 bits per heavy atom. The van der Waals surface area contributed by atoms with Gasteiger partial charge in [-0.2, -0.15) is 0 Å². The van der Waals surface area contributed by atoms with Gasteiger partial charge in [0.25, 0.3) is 0 Å². The normalized spacial score (nSPS) is 24.7. The molecular weight excluding hydrogens is 154 g/mol. The average Bonchev–Trinajstić information content (AvgIpc) is 2.09. The number of carbonyl (C=O) groups is 1. The van der Waals surface area contributed by atoms with Crippen LogP contribution in [0, 0.1) is 5.92 Å². The van der Waals surface area contributed by atoms with E-state index in [0.29, 0.717) is 6.54 Å². The van der Waals surface area contributed by atoms with Gasteiger partial charge in [-0.15, -0.1) is 0 Å². The lowest BCUT2D eigenvalue weighted by Crippen LogP contribution is -2.42. The van der Waals surface area contributed by atoms with Crippen LogP contribution in [0.3, 0.4) is 0 Å². The summed E-state index contributed by atoms with van der Waals surface area (Å²) in [6, 6.07) is 0. The highest BCUT2D eigenvalue weighted by Crippen LogP contribution is 2.20. The molecule has 0 spiro atoms. The molecule has 0 bridgehead atoms. The maximum atomic E-state index is 11.6. The molecular formula is C9H17NO2. The van der Waals surface area contributed by atoms with E-state index in [0.717, 1.165) is 25.8 Å². The van der Waals surface area contributed by atoms with Crippen molar-refractivity contribution in [1.29, 1.82) is 0 Å². The van der Waals surface area contributed by atoms with E-state index in [1.54, 1.807) is 4.90 Å². The second kappa shape index (κ2) is 4.45. The van der Waals surface area contributed by atoms with Crippen LogP contribution in [0.1, 0.15) is 26.2 Å². The highest BCUT2D eigenvalue weighted by molar-refractivity contribution is 5.79. The zero-order valence-electron chi connectivity index (χ0n) is 7.62. The minimum atomic E-state index is 0.0855. The summed E-state index contributed by atoms with van der Waals surface area (Å²) in [4.78, 5) is 13.3. The zero-order valence-corrected chi connectivity index (χ0v) is 7.62. The topological polar surface area (TPSA) is 40.5 Å². The first-order valence-corrected chi connectivity index (χ1v) is 4.69. The van der Waals surface area contributed by atoms with Crippen LogP contribution in [0.5, 0.6) is 0 Å². The Morgan fingerprint density at radius 1 is 1.67 bits per heavy atom. The Bertz CT molecular complexity index is 157. The standard InChI is InChI=1S/C9H17NO2/c1-2-8-4-3-5-10(6-7-11)9(8)12/h8,11H,2-7H2,1H3/t8-/m0/s1. The van der Waals surface area contributed by atoms with Crippen LogP contribution in [-0.4, -0.2) is 35.6 Å². The van der Waals surface area contributed by atoms with Crippen molar-refractivity contribution in [3.8, 4) is 0 Å². The predicted molar refractivity (Wildman–Crippen MR) is 46.7 cm³/mol. The van der Waals surface area contributed by atoms with Crippen LogP contribution < -0.4 is 0 Å². The van der Waals surface area contributed by atoms with E-state index >= 15 is 0 Å². The monoisotopic (exact) mass is 171 g/mol. The van der Waals surface area contributed by atoms with E-state index in [1.807, 2.05) is 6.92 Å². The predicted octanol–water partition coefficient (Wildman–Crippen LogP) is 0.627. The van der Waals surface area contributed by atoms with Crippen LogP contribution in [0.2, 0.25) is 0 Å². The van der Waals surface area contributed by atoms with Gasteiger partial charge in [0.1, 0.15) is 0 Å². The number of amides is 1. The molecule has 0 aromatic rings. The van der Waals surface area contributed by atoms with Gasteiger partial charge in [-0.3, -0.25) is 4.79 Å². The molecule has 1 fully saturated rings. The van der Waals surface area contributed by atoms with E-state index in [2.05, 4.69) is 0 Å². The smallest absolute Gasteiger partial charge is 0.225 e. The number of carbonyl (C=O) groups excluding carboxylic acids is 1.